The van der Waals surface area contributed by atoms with Crippen LogP contribution in [0.15, 0.2) is 77.7 Å². The van der Waals surface area contributed by atoms with Gasteiger partial charge in [-0.2, -0.15) is 0 Å². The molecule has 0 aliphatic carbocycles. The molecule has 0 radical (unpaired) electrons. The van der Waals surface area contributed by atoms with Gasteiger partial charge in [-0.15, -0.1) is 0 Å². The van der Waals surface area contributed by atoms with Gasteiger partial charge < -0.3 is 19.7 Å². The van der Waals surface area contributed by atoms with Gasteiger partial charge in [-0.05, 0) is 49.0 Å². The minimum absolute atomic E-state index is 0.0678. The van der Waals surface area contributed by atoms with E-state index in [2.05, 4.69) is 27.1 Å². The molecule has 1 amide bonds. The van der Waals surface area contributed by atoms with Crippen LogP contribution >= 0.6 is 0 Å². The SMILES string of the molecule is CN(CCNC(=O)c1ccc(NS(=O)(=O)c2ccc3c(c2)OCCO3)cc1)Cc1ccccc1. The summed E-state index contributed by atoms with van der Waals surface area (Å²) < 4.78 is 38.9. The fourth-order valence-corrected chi connectivity index (χ4v) is 4.60. The minimum atomic E-state index is -3.82. The molecule has 1 aliphatic rings. The zero-order valence-electron chi connectivity index (χ0n) is 18.9. The summed E-state index contributed by atoms with van der Waals surface area (Å²) in [6, 6.07) is 20.9. The van der Waals surface area contributed by atoms with Crippen molar-refractivity contribution in [1.82, 2.24) is 10.2 Å². The summed E-state index contributed by atoms with van der Waals surface area (Å²) in [4.78, 5) is 14.6. The number of hydrogen-bond acceptors (Lipinski definition) is 6. The number of fused-ring (bicyclic) bond motifs is 1. The topological polar surface area (TPSA) is 97.0 Å². The predicted octanol–water partition coefficient (Wildman–Crippen LogP) is 3.12. The molecule has 1 aliphatic heterocycles. The van der Waals surface area contributed by atoms with Crippen molar-refractivity contribution in [2.45, 2.75) is 11.4 Å². The minimum Gasteiger partial charge on any atom is -0.486 e. The van der Waals surface area contributed by atoms with Gasteiger partial charge in [-0.3, -0.25) is 9.52 Å². The van der Waals surface area contributed by atoms with E-state index in [1.54, 1.807) is 30.3 Å². The van der Waals surface area contributed by atoms with E-state index in [0.29, 0.717) is 49.1 Å². The number of amides is 1. The second kappa shape index (κ2) is 10.6. The van der Waals surface area contributed by atoms with Gasteiger partial charge in [-0.1, -0.05) is 30.3 Å². The van der Waals surface area contributed by atoms with Crippen LogP contribution in [0.5, 0.6) is 11.5 Å². The maximum absolute atomic E-state index is 12.8. The zero-order valence-corrected chi connectivity index (χ0v) is 19.7. The Bertz CT molecular complexity index is 1230. The molecule has 0 saturated carbocycles. The summed E-state index contributed by atoms with van der Waals surface area (Å²) in [7, 11) is -1.82. The number of nitrogens with zero attached hydrogens (tertiary/aromatic N) is 1. The summed E-state index contributed by atoms with van der Waals surface area (Å²) in [5.74, 6) is 0.705. The van der Waals surface area contributed by atoms with Crippen LogP contribution in [-0.2, 0) is 16.6 Å². The number of sulfonamides is 1. The number of nitrogens with one attached hydrogen (secondary N) is 2. The van der Waals surface area contributed by atoms with E-state index in [1.807, 2.05) is 25.2 Å². The highest BCUT2D eigenvalue weighted by Crippen LogP contribution is 2.32. The predicted molar refractivity (Wildman–Crippen MR) is 130 cm³/mol. The molecule has 0 unspecified atom stereocenters. The lowest BCUT2D eigenvalue weighted by Gasteiger charge is -2.19. The molecule has 0 aromatic heterocycles. The highest BCUT2D eigenvalue weighted by atomic mass is 32.2. The van der Waals surface area contributed by atoms with Crippen molar-refractivity contribution >= 4 is 21.6 Å². The largest absolute Gasteiger partial charge is 0.486 e. The van der Waals surface area contributed by atoms with Crippen LogP contribution in [-0.4, -0.2) is 52.6 Å². The summed E-state index contributed by atoms with van der Waals surface area (Å²) >= 11 is 0. The van der Waals surface area contributed by atoms with Gasteiger partial charge in [0.25, 0.3) is 15.9 Å². The standard InChI is InChI=1S/C25H27N3O5S/c1-28(18-19-5-3-2-4-6-19)14-13-26-25(29)20-7-9-21(10-8-20)27-34(30,31)22-11-12-23-24(17-22)33-16-15-32-23/h2-12,17,27H,13-16,18H2,1H3,(H,26,29). The molecule has 8 nitrogen and oxygen atoms in total. The first-order valence-corrected chi connectivity index (χ1v) is 12.4. The number of ether oxygens (including phenoxy) is 2. The smallest absolute Gasteiger partial charge is 0.262 e. The number of rotatable bonds is 9. The normalized spacial score (nSPS) is 12.9. The van der Waals surface area contributed by atoms with E-state index in [0.717, 1.165) is 6.54 Å². The summed E-state index contributed by atoms with van der Waals surface area (Å²) in [6.45, 7) is 2.81. The molecule has 0 saturated heterocycles. The van der Waals surface area contributed by atoms with Crippen molar-refractivity contribution in [3.8, 4) is 11.5 Å². The molecule has 2 N–H and O–H groups in total. The monoisotopic (exact) mass is 481 g/mol. The van der Waals surface area contributed by atoms with Crippen molar-refractivity contribution in [2.75, 3.05) is 38.1 Å². The van der Waals surface area contributed by atoms with Gasteiger partial charge in [0.2, 0.25) is 0 Å². The van der Waals surface area contributed by atoms with E-state index in [4.69, 9.17) is 9.47 Å². The van der Waals surface area contributed by atoms with Crippen LogP contribution in [0.25, 0.3) is 0 Å². The quantitative estimate of drug-likeness (QED) is 0.488. The van der Waals surface area contributed by atoms with Crippen LogP contribution in [0.2, 0.25) is 0 Å². The number of anilines is 1. The number of carbonyl (C=O) groups is 1. The van der Waals surface area contributed by atoms with Crippen LogP contribution in [0, 0.1) is 0 Å². The van der Waals surface area contributed by atoms with E-state index in [-0.39, 0.29) is 10.8 Å². The Morgan fingerprint density at radius 3 is 2.38 bits per heavy atom. The third kappa shape index (κ3) is 6.06. The average molecular weight is 482 g/mol. The molecule has 4 rings (SSSR count). The Morgan fingerprint density at radius 2 is 1.65 bits per heavy atom. The number of hydrogen-bond donors (Lipinski definition) is 2. The molecule has 9 heteroatoms. The Hall–Kier alpha value is -3.56. The fourth-order valence-electron chi connectivity index (χ4n) is 3.53. The van der Waals surface area contributed by atoms with E-state index in [9.17, 15) is 13.2 Å². The molecule has 3 aromatic carbocycles. The van der Waals surface area contributed by atoms with Crippen molar-refractivity contribution in [2.24, 2.45) is 0 Å². The summed E-state index contributed by atoms with van der Waals surface area (Å²) in [6.07, 6.45) is 0. The van der Waals surface area contributed by atoms with Gasteiger partial charge in [0.15, 0.2) is 11.5 Å². The van der Waals surface area contributed by atoms with Gasteiger partial charge in [0.05, 0.1) is 4.90 Å². The van der Waals surface area contributed by atoms with Crippen LogP contribution in [0.3, 0.4) is 0 Å². The molecule has 0 atom stereocenters. The number of carbonyl (C=O) groups excluding carboxylic acids is 1. The Morgan fingerprint density at radius 1 is 0.941 bits per heavy atom. The molecule has 0 fully saturated rings. The third-order valence-corrected chi connectivity index (χ3v) is 6.68. The van der Waals surface area contributed by atoms with Crippen LogP contribution in [0.4, 0.5) is 5.69 Å². The second-order valence-corrected chi connectivity index (χ2v) is 9.65. The Kier molecular flexibility index (Phi) is 7.34. The molecular formula is C25H27N3O5S. The molecule has 34 heavy (non-hydrogen) atoms. The third-order valence-electron chi connectivity index (χ3n) is 5.30. The van der Waals surface area contributed by atoms with Gasteiger partial charge in [0.1, 0.15) is 13.2 Å². The molecule has 178 valence electrons. The molecule has 0 spiro atoms. The van der Waals surface area contributed by atoms with Crippen LogP contribution < -0.4 is 19.5 Å². The highest BCUT2D eigenvalue weighted by Gasteiger charge is 2.19. The molecule has 1 heterocycles. The first-order chi connectivity index (χ1) is 16.4. The van der Waals surface area contributed by atoms with E-state index in [1.165, 1.54) is 17.7 Å². The Balaban J connectivity index is 1.29. The fraction of sp³-hybridized carbons (Fsp3) is 0.240. The van der Waals surface area contributed by atoms with Gasteiger partial charge >= 0.3 is 0 Å². The zero-order chi connectivity index (χ0) is 24.0. The van der Waals surface area contributed by atoms with E-state index < -0.39 is 10.0 Å². The first kappa shape index (κ1) is 23.6. The molecule has 3 aromatic rings. The van der Waals surface area contributed by atoms with Crippen molar-refractivity contribution in [3.05, 3.63) is 83.9 Å². The van der Waals surface area contributed by atoms with Crippen molar-refractivity contribution in [1.29, 1.82) is 0 Å². The van der Waals surface area contributed by atoms with Gasteiger partial charge in [0, 0.05) is 37.0 Å². The van der Waals surface area contributed by atoms with Crippen molar-refractivity contribution < 1.29 is 22.7 Å². The van der Waals surface area contributed by atoms with Crippen molar-refractivity contribution in [3.63, 3.8) is 0 Å². The summed E-state index contributed by atoms with van der Waals surface area (Å²) in [5.41, 5.74) is 2.02. The first-order valence-electron chi connectivity index (χ1n) is 10.9. The molecule has 0 bridgehead atoms. The lowest BCUT2D eigenvalue weighted by Crippen LogP contribution is -2.32. The Labute approximate surface area is 199 Å². The molecular weight excluding hydrogens is 454 g/mol. The van der Waals surface area contributed by atoms with Crippen LogP contribution in [0.1, 0.15) is 15.9 Å². The summed E-state index contributed by atoms with van der Waals surface area (Å²) in [5, 5.41) is 2.89. The van der Waals surface area contributed by atoms with E-state index >= 15 is 0 Å². The lowest BCUT2D eigenvalue weighted by atomic mass is 10.2. The number of likely N-dealkylation sites (N-methyl/N-ethyl adjacent to an activating group) is 1. The average Bonchev–Trinajstić information content (AvgIpc) is 2.84. The maximum Gasteiger partial charge on any atom is 0.262 e. The highest BCUT2D eigenvalue weighted by molar-refractivity contribution is 7.92. The number of benzene rings is 3. The lowest BCUT2D eigenvalue weighted by molar-refractivity contribution is 0.0949. The van der Waals surface area contributed by atoms with Gasteiger partial charge in [-0.25, -0.2) is 8.42 Å². The maximum atomic E-state index is 12.8. The second-order valence-electron chi connectivity index (χ2n) is 7.97.